The van der Waals surface area contributed by atoms with Crippen LogP contribution in [0.25, 0.3) is 0 Å². The van der Waals surface area contributed by atoms with Crippen LogP contribution in [0.15, 0.2) is 59.0 Å². The topological polar surface area (TPSA) is 57.4 Å². The number of halogens is 1. The van der Waals surface area contributed by atoms with Crippen LogP contribution < -0.4 is 5.73 Å². The van der Waals surface area contributed by atoms with Crippen LogP contribution in [0.1, 0.15) is 17.4 Å². The van der Waals surface area contributed by atoms with Crippen molar-refractivity contribution in [2.45, 2.75) is 22.8 Å². The predicted molar refractivity (Wildman–Crippen MR) is 76.7 cm³/mol. The van der Waals surface area contributed by atoms with Crippen LogP contribution in [-0.2, 0) is 16.0 Å². The second-order valence-corrected chi connectivity index (χ2v) is 5.37. The molecule has 1 aromatic heterocycles. The van der Waals surface area contributed by atoms with Gasteiger partial charge in [-0.1, -0.05) is 30.0 Å². The van der Waals surface area contributed by atoms with Crippen LogP contribution in [0.4, 0.5) is 4.39 Å². The number of ether oxygens (including phenoxy) is 2. The standard InChI is InChI=1S/C15H13FN2O2S/c16-11-7-12(15-19-5-6-20-15)14(18-9-11)21-13-4-2-1-3-10(13)8-17/h1-7,9,15H,8,17H2. The molecule has 0 saturated heterocycles. The molecule has 4 nitrogen and oxygen atoms in total. The predicted octanol–water partition coefficient (Wildman–Crippen LogP) is 3.35. The first kappa shape index (κ1) is 13.9. The third-order valence-electron chi connectivity index (χ3n) is 2.96. The van der Waals surface area contributed by atoms with Gasteiger partial charge in [-0.05, 0) is 17.7 Å². The van der Waals surface area contributed by atoms with Gasteiger partial charge in [-0.15, -0.1) is 0 Å². The molecule has 0 radical (unpaired) electrons. The number of aromatic nitrogens is 1. The Morgan fingerprint density at radius 3 is 2.76 bits per heavy atom. The molecule has 6 heteroatoms. The quantitative estimate of drug-likeness (QED) is 0.938. The summed E-state index contributed by atoms with van der Waals surface area (Å²) in [6.45, 7) is 0.428. The van der Waals surface area contributed by atoms with Gasteiger partial charge in [0.1, 0.15) is 23.4 Å². The molecule has 1 aliphatic heterocycles. The van der Waals surface area contributed by atoms with Gasteiger partial charge in [-0.2, -0.15) is 0 Å². The Morgan fingerprint density at radius 1 is 1.24 bits per heavy atom. The Bertz CT molecular complexity index is 670. The van der Waals surface area contributed by atoms with Gasteiger partial charge in [0.15, 0.2) is 0 Å². The average Bonchev–Trinajstić information content (AvgIpc) is 3.04. The second kappa shape index (κ2) is 6.15. The first-order chi connectivity index (χ1) is 10.3. The fourth-order valence-electron chi connectivity index (χ4n) is 1.96. The number of nitrogens with zero attached hydrogens (tertiary/aromatic N) is 1. The summed E-state index contributed by atoms with van der Waals surface area (Å²) in [5, 5.41) is 0.631. The number of pyridine rings is 1. The van der Waals surface area contributed by atoms with Gasteiger partial charge in [0.25, 0.3) is 6.29 Å². The highest BCUT2D eigenvalue weighted by molar-refractivity contribution is 7.99. The van der Waals surface area contributed by atoms with Gasteiger partial charge in [0.05, 0.1) is 11.8 Å². The highest BCUT2D eigenvalue weighted by Gasteiger charge is 2.22. The zero-order valence-electron chi connectivity index (χ0n) is 11.0. The Labute approximate surface area is 125 Å². The zero-order valence-corrected chi connectivity index (χ0v) is 11.8. The normalized spacial score (nSPS) is 14.0. The molecular weight excluding hydrogens is 291 g/mol. The van der Waals surface area contributed by atoms with Crippen molar-refractivity contribution in [1.29, 1.82) is 0 Å². The van der Waals surface area contributed by atoms with Crippen LogP contribution in [0.3, 0.4) is 0 Å². The lowest BCUT2D eigenvalue weighted by Gasteiger charge is -2.15. The molecule has 3 rings (SSSR count). The summed E-state index contributed by atoms with van der Waals surface area (Å²) in [5.74, 6) is -0.430. The summed E-state index contributed by atoms with van der Waals surface area (Å²) in [6.07, 6.45) is 3.37. The maximum Gasteiger partial charge on any atom is 0.269 e. The van der Waals surface area contributed by atoms with Crippen molar-refractivity contribution in [3.8, 4) is 0 Å². The smallest absolute Gasteiger partial charge is 0.269 e. The SMILES string of the molecule is NCc1ccccc1Sc1ncc(F)cc1C1OC=CO1. The third-order valence-corrected chi connectivity index (χ3v) is 4.11. The van der Waals surface area contributed by atoms with E-state index < -0.39 is 12.1 Å². The van der Waals surface area contributed by atoms with E-state index in [1.165, 1.54) is 36.5 Å². The maximum absolute atomic E-state index is 13.5. The monoisotopic (exact) mass is 304 g/mol. The van der Waals surface area contributed by atoms with Crippen molar-refractivity contribution >= 4 is 11.8 Å². The van der Waals surface area contributed by atoms with E-state index >= 15 is 0 Å². The van der Waals surface area contributed by atoms with E-state index in [0.29, 0.717) is 17.1 Å². The van der Waals surface area contributed by atoms with Gasteiger partial charge in [-0.3, -0.25) is 0 Å². The zero-order chi connectivity index (χ0) is 14.7. The van der Waals surface area contributed by atoms with E-state index in [1.807, 2.05) is 24.3 Å². The summed E-state index contributed by atoms with van der Waals surface area (Å²) in [7, 11) is 0. The van der Waals surface area contributed by atoms with E-state index in [2.05, 4.69) is 4.98 Å². The summed E-state index contributed by atoms with van der Waals surface area (Å²) in [6, 6.07) is 9.14. The minimum absolute atomic E-state index is 0.428. The highest BCUT2D eigenvalue weighted by atomic mass is 32.2. The van der Waals surface area contributed by atoms with Gasteiger partial charge in [0, 0.05) is 11.4 Å². The summed E-state index contributed by atoms with van der Waals surface area (Å²) >= 11 is 1.42. The second-order valence-electron chi connectivity index (χ2n) is 4.34. The van der Waals surface area contributed by atoms with E-state index in [-0.39, 0.29) is 0 Å². The van der Waals surface area contributed by atoms with Crippen molar-refractivity contribution in [3.05, 3.63) is 66.0 Å². The van der Waals surface area contributed by atoms with Crippen molar-refractivity contribution in [2.24, 2.45) is 5.73 Å². The summed E-state index contributed by atoms with van der Waals surface area (Å²) in [4.78, 5) is 5.13. The van der Waals surface area contributed by atoms with Gasteiger partial charge < -0.3 is 15.2 Å². The number of nitrogens with two attached hydrogens (primary N) is 1. The molecule has 0 fully saturated rings. The molecule has 2 N–H and O–H groups in total. The molecule has 0 spiro atoms. The minimum atomic E-state index is -0.666. The Hall–Kier alpha value is -2.05. The Kier molecular flexibility index (Phi) is 4.08. The molecule has 0 unspecified atom stereocenters. The van der Waals surface area contributed by atoms with E-state index in [1.54, 1.807) is 0 Å². The molecule has 2 heterocycles. The lowest BCUT2D eigenvalue weighted by Crippen LogP contribution is -2.03. The van der Waals surface area contributed by atoms with Crippen molar-refractivity contribution in [1.82, 2.24) is 4.98 Å². The molecule has 1 aromatic carbocycles. The molecular formula is C15H13FN2O2S. The molecule has 108 valence electrons. The minimum Gasteiger partial charge on any atom is -0.455 e. The largest absolute Gasteiger partial charge is 0.455 e. The Morgan fingerprint density at radius 2 is 2.00 bits per heavy atom. The first-order valence-electron chi connectivity index (χ1n) is 6.35. The van der Waals surface area contributed by atoms with Crippen LogP contribution in [-0.4, -0.2) is 4.98 Å². The van der Waals surface area contributed by atoms with Crippen LogP contribution in [0, 0.1) is 5.82 Å². The van der Waals surface area contributed by atoms with Crippen molar-refractivity contribution in [3.63, 3.8) is 0 Å². The molecule has 0 amide bonds. The number of hydrogen-bond donors (Lipinski definition) is 1. The van der Waals surface area contributed by atoms with Crippen molar-refractivity contribution < 1.29 is 13.9 Å². The lowest BCUT2D eigenvalue weighted by molar-refractivity contribution is -0.0273. The summed E-state index contributed by atoms with van der Waals surface area (Å²) < 4.78 is 24.0. The van der Waals surface area contributed by atoms with Crippen LogP contribution in [0.5, 0.6) is 0 Å². The van der Waals surface area contributed by atoms with E-state index in [4.69, 9.17) is 15.2 Å². The van der Waals surface area contributed by atoms with E-state index in [0.717, 1.165) is 10.5 Å². The van der Waals surface area contributed by atoms with E-state index in [9.17, 15) is 4.39 Å². The molecule has 0 atom stereocenters. The first-order valence-corrected chi connectivity index (χ1v) is 7.17. The molecule has 21 heavy (non-hydrogen) atoms. The molecule has 0 saturated carbocycles. The molecule has 0 bridgehead atoms. The highest BCUT2D eigenvalue weighted by Crippen LogP contribution is 2.36. The fraction of sp³-hybridized carbons (Fsp3) is 0.133. The van der Waals surface area contributed by atoms with Gasteiger partial charge in [0.2, 0.25) is 0 Å². The van der Waals surface area contributed by atoms with Crippen LogP contribution >= 0.6 is 11.8 Å². The molecule has 2 aromatic rings. The van der Waals surface area contributed by atoms with Crippen molar-refractivity contribution in [2.75, 3.05) is 0 Å². The van der Waals surface area contributed by atoms with Gasteiger partial charge >= 0.3 is 0 Å². The maximum atomic E-state index is 13.5. The third kappa shape index (κ3) is 3.01. The fourth-order valence-corrected chi connectivity index (χ4v) is 2.97. The summed E-state index contributed by atoms with van der Waals surface area (Å²) in [5.41, 5.74) is 7.29. The number of hydrogen-bond acceptors (Lipinski definition) is 5. The van der Waals surface area contributed by atoms with Crippen LogP contribution in [0.2, 0.25) is 0 Å². The number of benzene rings is 1. The average molecular weight is 304 g/mol. The molecule has 0 aliphatic carbocycles. The Balaban J connectivity index is 1.94. The van der Waals surface area contributed by atoms with Gasteiger partial charge in [-0.25, -0.2) is 9.37 Å². The lowest BCUT2D eigenvalue weighted by atomic mass is 10.2. The molecule has 1 aliphatic rings. The number of rotatable bonds is 4.